The molecule has 1 aromatic carbocycles. The van der Waals surface area contributed by atoms with Gasteiger partial charge in [-0.05, 0) is 50.9 Å². The van der Waals surface area contributed by atoms with Gasteiger partial charge in [-0.2, -0.15) is 0 Å². The van der Waals surface area contributed by atoms with E-state index in [1.807, 2.05) is 29.2 Å². The zero-order valence-electron chi connectivity index (χ0n) is 15.5. The highest BCUT2D eigenvalue weighted by Gasteiger charge is 2.33. The van der Waals surface area contributed by atoms with Crippen molar-refractivity contribution in [3.63, 3.8) is 0 Å². The maximum atomic E-state index is 13.1. The van der Waals surface area contributed by atoms with Crippen molar-refractivity contribution < 1.29 is 14.1 Å². The average molecular weight is 367 g/mol. The normalized spacial score (nSPS) is 20.7. The number of para-hydroxylation sites is 1. The van der Waals surface area contributed by atoms with E-state index < -0.39 is 0 Å². The van der Waals surface area contributed by atoms with Gasteiger partial charge < -0.3 is 19.1 Å². The molecule has 5 rings (SSSR count). The number of aromatic nitrogens is 1. The van der Waals surface area contributed by atoms with Crippen molar-refractivity contribution in [2.24, 2.45) is 0 Å². The van der Waals surface area contributed by atoms with Crippen LogP contribution in [0.1, 0.15) is 48.2 Å². The molecule has 0 N–H and O–H groups in total. The lowest BCUT2D eigenvalue weighted by atomic mass is 9.99. The van der Waals surface area contributed by atoms with E-state index in [1.54, 1.807) is 0 Å². The second-order valence-corrected chi connectivity index (χ2v) is 7.74. The molecular formula is C21H25N3O3. The first-order chi connectivity index (χ1) is 13.3. The van der Waals surface area contributed by atoms with Gasteiger partial charge in [0.2, 0.25) is 0 Å². The Balaban J connectivity index is 1.30. The largest absolute Gasteiger partial charge is 0.488 e. The van der Waals surface area contributed by atoms with Crippen LogP contribution in [0, 0.1) is 0 Å². The molecule has 2 fully saturated rings. The second kappa shape index (κ2) is 7.00. The minimum absolute atomic E-state index is 0.0277. The van der Waals surface area contributed by atoms with E-state index in [-0.39, 0.29) is 5.91 Å². The first-order valence-electron chi connectivity index (χ1n) is 10.1. The second-order valence-electron chi connectivity index (χ2n) is 7.74. The number of fused-ring (bicyclic) bond motifs is 3. The molecule has 2 aromatic rings. The predicted molar refractivity (Wildman–Crippen MR) is 101 cm³/mol. The molecule has 1 amide bonds. The van der Waals surface area contributed by atoms with Crippen LogP contribution in [0.4, 0.5) is 0 Å². The number of likely N-dealkylation sites (tertiary alicyclic amines) is 2. The lowest BCUT2D eigenvalue weighted by Gasteiger charge is -2.40. The van der Waals surface area contributed by atoms with Crippen LogP contribution in [-0.2, 0) is 6.61 Å². The van der Waals surface area contributed by atoms with Gasteiger partial charge in [-0.3, -0.25) is 4.79 Å². The van der Waals surface area contributed by atoms with Crippen LogP contribution < -0.4 is 4.74 Å². The minimum atomic E-state index is -0.0277. The summed E-state index contributed by atoms with van der Waals surface area (Å²) in [4.78, 5) is 17.6. The monoisotopic (exact) mass is 367 g/mol. The molecular weight excluding hydrogens is 342 g/mol. The molecule has 0 unspecified atom stereocenters. The summed E-state index contributed by atoms with van der Waals surface area (Å²) in [7, 11) is 0. The molecule has 0 radical (unpaired) electrons. The van der Waals surface area contributed by atoms with E-state index in [9.17, 15) is 4.79 Å². The van der Waals surface area contributed by atoms with Gasteiger partial charge in [0.05, 0.1) is 11.1 Å². The summed E-state index contributed by atoms with van der Waals surface area (Å²) >= 11 is 0. The molecule has 1 aromatic heterocycles. The van der Waals surface area contributed by atoms with Gasteiger partial charge >= 0.3 is 0 Å². The number of amides is 1. The highest BCUT2D eigenvalue weighted by molar-refractivity contribution is 5.95. The number of carbonyl (C=O) groups excluding carboxylic acids is 1. The Labute approximate surface area is 159 Å². The van der Waals surface area contributed by atoms with Crippen molar-refractivity contribution in [3.05, 3.63) is 35.5 Å². The van der Waals surface area contributed by atoms with Gasteiger partial charge in [-0.25, -0.2) is 0 Å². The molecule has 3 aliphatic heterocycles. The average Bonchev–Trinajstić information content (AvgIpc) is 3.19. The fraction of sp³-hybridized carbons (Fsp3) is 0.524. The van der Waals surface area contributed by atoms with Crippen molar-refractivity contribution >= 4 is 5.91 Å². The first-order valence-corrected chi connectivity index (χ1v) is 10.1. The molecule has 3 aliphatic rings. The quantitative estimate of drug-likeness (QED) is 0.815. The Morgan fingerprint density at radius 3 is 2.63 bits per heavy atom. The number of carbonyl (C=O) groups is 1. The standard InChI is InChI=1S/C21H25N3O3/c25-21(24-12-8-15(9-13-24)23-10-4-1-5-11-23)19-17-14-26-18-7-3-2-6-16(18)20(17)27-22-19/h2-3,6-7,15H,1,4-5,8-14H2. The SMILES string of the molecule is O=C(c1noc2c1COc1ccccc1-2)N1CCC(N2CCCCC2)CC1. The number of hydrogen-bond donors (Lipinski definition) is 0. The highest BCUT2D eigenvalue weighted by atomic mass is 16.5. The number of hydrogen-bond acceptors (Lipinski definition) is 5. The van der Waals surface area contributed by atoms with Crippen molar-refractivity contribution in [1.29, 1.82) is 0 Å². The molecule has 0 saturated carbocycles. The summed E-state index contributed by atoms with van der Waals surface area (Å²) < 4.78 is 11.4. The Bertz CT molecular complexity index is 833. The van der Waals surface area contributed by atoms with E-state index in [4.69, 9.17) is 9.26 Å². The van der Waals surface area contributed by atoms with Crippen LogP contribution in [0.25, 0.3) is 11.3 Å². The van der Waals surface area contributed by atoms with Gasteiger partial charge in [0.15, 0.2) is 11.5 Å². The van der Waals surface area contributed by atoms with Crippen LogP contribution in [0.15, 0.2) is 28.8 Å². The lowest BCUT2D eigenvalue weighted by Crippen LogP contribution is -2.48. The lowest BCUT2D eigenvalue weighted by molar-refractivity contribution is 0.0579. The summed E-state index contributed by atoms with van der Waals surface area (Å²) in [5.74, 6) is 1.42. The fourth-order valence-electron chi connectivity index (χ4n) is 4.62. The van der Waals surface area contributed by atoms with Crippen molar-refractivity contribution in [3.8, 4) is 17.1 Å². The number of nitrogens with zero attached hydrogens (tertiary/aromatic N) is 3. The minimum Gasteiger partial charge on any atom is -0.488 e. The third-order valence-electron chi connectivity index (χ3n) is 6.15. The molecule has 6 nitrogen and oxygen atoms in total. The molecule has 142 valence electrons. The number of benzene rings is 1. The molecule has 0 aliphatic carbocycles. The summed E-state index contributed by atoms with van der Waals surface area (Å²) in [6.45, 7) is 4.34. The van der Waals surface area contributed by atoms with Gasteiger partial charge in [-0.15, -0.1) is 0 Å². The van der Waals surface area contributed by atoms with Crippen LogP contribution >= 0.6 is 0 Å². The molecule has 0 atom stereocenters. The van der Waals surface area contributed by atoms with Gasteiger partial charge in [0.1, 0.15) is 12.4 Å². The molecule has 4 heterocycles. The molecule has 27 heavy (non-hydrogen) atoms. The van der Waals surface area contributed by atoms with Gasteiger partial charge in [0.25, 0.3) is 5.91 Å². The molecule has 0 spiro atoms. The number of rotatable bonds is 2. The summed E-state index contributed by atoms with van der Waals surface area (Å²) in [5.41, 5.74) is 2.06. The fourth-order valence-corrected chi connectivity index (χ4v) is 4.62. The predicted octanol–water partition coefficient (Wildman–Crippen LogP) is 3.32. The number of piperidine rings is 2. The Morgan fingerprint density at radius 1 is 1.04 bits per heavy atom. The maximum Gasteiger partial charge on any atom is 0.276 e. The summed E-state index contributed by atoms with van der Waals surface area (Å²) in [5, 5.41) is 4.12. The topological polar surface area (TPSA) is 58.8 Å². The molecule has 2 saturated heterocycles. The van der Waals surface area contributed by atoms with Gasteiger partial charge in [-0.1, -0.05) is 23.7 Å². The highest BCUT2D eigenvalue weighted by Crippen LogP contribution is 2.39. The van der Waals surface area contributed by atoms with Crippen LogP contribution in [0.3, 0.4) is 0 Å². The zero-order chi connectivity index (χ0) is 18.2. The third-order valence-corrected chi connectivity index (χ3v) is 6.15. The van der Waals surface area contributed by atoms with Crippen LogP contribution in [0.5, 0.6) is 5.75 Å². The van der Waals surface area contributed by atoms with Crippen molar-refractivity contribution in [1.82, 2.24) is 15.0 Å². The van der Waals surface area contributed by atoms with Crippen LogP contribution in [-0.4, -0.2) is 53.1 Å². The van der Waals surface area contributed by atoms with E-state index in [2.05, 4.69) is 10.1 Å². The Hall–Kier alpha value is -2.34. The van der Waals surface area contributed by atoms with E-state index in [0.29, 0.717) is 24.1 Å². The first kappa shape index (κ1) is 16.8. The van der Waals surface area contributed by atoms with Crippen LogP contribution in [0.2, 0.25) is 0 Å². The third kappa shape index (κ3) is 3.02. The maximum absolute atomic E-state index is 13.1. The van der Waals surface area contributed by atoms with Crippen molar-refractivity contribution in [2.45, 2.75) is 44.8 Å². The van der Waals surface area contributed by atoms with E-state index >= 15 is 0 Å². The Kier molecular flexibility index (Phi) is 4.36. The van der Waals surface area contributed by atoms with Gasteiger partial charge in [0, 0.05) is 19.1 Å². The zero-order valence-corrected chi connectivity index (χ0v) is 15.5. The molecule has 0 bridgehead atoms. The smallest absolute Gasteiger partial charge is 0.276 e. The summed E-state index contributed by atoms with van der Waals surface area (Å²) in [6.07, 6.45) is 6.07. The molecule has 6 heteroatoms. The van der Waals surface area contributed by atoms with E-state index in [0.717, 1.165) is 42.8 Å². The van der Waals surface area contributed by atoms with E-state index in [1.165, 1.54) is 32.4 Å². The number of ether oxygens (including phenoxy) is 1. The Morgan fingerprint density at radius 2 is 1.81 bits per heavy atom. The summed E-state index contributed by atoms with van der Waals surface area (Å²) in [6, 6.07) is 8.34. The van der Waals surface area contributed by atoms with Crippen molar-refractivity contribution in [2.75, 3.05) is 26.2 Å².